The van der Waals surface area contributed by atoms with Gasteiger partial charge in [0.15, 0.2) is 0 Å². The second-order valence-corrected chi connectivity index (χ2v) is 10.6. The highest BCUT2D eigenvalue weighted by Gasteiger charge is 2.61. The Balaban J connectivity index is 1.51. The highest BCUT2D eigenvalue weighted by Crippen LogP contribution is 2.67. The molecule has 8 atom stereocenters. The highest BCUT2D eigenvalue weighted by atomic mass is 16.5. The molecule has 4 aliphatic carbocycles. The average Bonchev–Trinajstić information content (AvgIpc) is 2.91. The molecule has 0 aromatic heterocycles. The second-order valence-electron chi connectivity index (χ2n) is 10.6. The molecule has 0 spiro atoms. The van der Waals surface area contributed by atoms with Crippen LogP contribution in [0.4, 0.5) is 0 Å². The van der Waals surface area contributed by atoms with E-state index in [4.69, 9.17) is 4.74 Å². The van der Waals surface area contributed by atoms with Crippen molar-refractivity contribution in [2.24, 2.45) is 40.4 Å². The molecule has 0 heterocycles. The summed E-state index contributed by atoms with van der Waals surface area (Å²) < 4.78 is 5.75. The Labute approximate surface area is 163 Å². The van der Waals surface area contributed by atoms with E-state index in [-0.39, 0.29) is 17.5 Å². The lowest BCUT2D eigenvalue weighted by Crippen LogP contribution is -2.54. The van der Waals surface area contributed by atoms with E-state index in [2.05, 4.69) is 13.8 Å². The minimum atomic E-state index is -0.631. The van der Waals surface area contributed by atoms with Crippen molar-refractivity contribution in [2.45, 2.75) is 91.1 Å². The van der Waals surface area contributed by atoms with Crippen molar-refractivity contribution in [1.29, 1.82) is 0 Å². The molecule has 4 saturated carbocycles. The van der Waals surface area contributed by atoms with Crippen molar-refractivity contribution in [3.63, 3.8) is 0 Å². The quantitative estimate of drug-likeness (QED) is 0.700. The average molecular weight is 377 g/mol. The molecule has 0 bridgehead atoms. The molecular weight excluding hydrogens is 340 g/mol. The maximum atomic E-state index is 11.6. The van der Waals surface area contributed by atoms with Crippen molar-refractivity contribution in [3.05, 3.63) is 0 Å². The maximum absolute atomic E-state index is 11.6. The standard InChI is InChI=1S/C23H36O4/c1-14(24)27-20-7-6-18-17-5-4-16-12-15(13-21(25)26)8-10-22(16,2)19(17)9-11-23(18,20)3/h15-20H,4-13H2,1-3H3,(H,25,26). The van der Waals surface area contributed by atoms with Gasteiger partial charge in [-0.2, -0.15) is 0 Å². The Bertz CT molecular complexity index is 615. The van der Waals surface area contributed by atoms with Gasteiger partial charge in [-0.05, 0) is 92.8 Å². The topological polar surface area (TPSA) is 63.6 Å². The minimum absolute atomic E-state index is 0.109. The molecule has 0 aromatic rings. The van der Waals surface area contributed by atoms with E-state index in [0.717, 1.165) is 31.1 Å². The van der Waals surface area contributed by atoms with E-state index in [9.17, 15) is 14.7 Å². The third-order valence-corrected chi connectivity index (χ3v) is 9.46. The van der Waals surface area contributed by atoms with Gasteiger partial charge in [0.1, 0.15) is 6.10 Å². The minimum Gasteiger partial charge on any atom is -0.481 e. The van der Waals surface area contributed by atoms with Gasteiger partial charge in [-0.3, -0.25) is 9.59 Å². The number of aliphatic carboxylic acids is 1. The predicted molar refractivity (Wildman–Crippen MR) is 103 cm³/mol. The number of carboxylic acid groups (broad SMARTS) is 1. The maximum Gasteiger partial charge on any atom is 0.303 e. The number of rotatable bonds is 3. The smallest absolute Gasteiger partial charge is 0.303 e. The number of carbonyl (C=O) groups is 2. The summed E-state index contributed by atoms with van der Waals surface area (Å²) in [7, 11) is 0. The summed E-state index contributed by atoms with van der Waals surface area (Å²) in [5, 5.41) is 9.20. The third-order valence-electron chi connectivity index (χ3n) is 9.46. The molecule has 0 aromatic carbocycles. The second kappa shape index (κ2) is 6.77. The zero-order valence-corrected chi connectivity index (χ0v) is 17.2. The summed E-state index contributed by atoms with van der Waals surface area (Å²) in [5.74, 6) is 2.55. The summed E-state index contributed by atoms with van der Waals surface area (Å²) in [5.41, 5.74) is 0.551. The molecular formula is C23H36O4. The summed E-state index contributed by atoms with van der Waals surface area (Å²) in [4.78, 5) is 22.7. The normalized spacial score (nSPS) is 48.9. The Kier molecular flexibility index (Phi) is 4.83. The summed E-state index contributed by atoms with van der Waals surface area (Å²) in [6.07, 6.45) is 11.1. The van der Waals surface area contributed by atoms with E-state index in [1.54, 1.807) is 6.92 Å². The van der Waals surface area contributed by atoms with Crippen molar-refractivity contribution >= 4 is 11.9 Å². The molecule has 0 amide bonds. The van der Waals surface area contributed by atoms with Crippen LogP contribution < -0.4 is 0 Å². The largest absolute Gasteiger partial charge is 0.481 e. The fourth-order valence-electron chi connectivity index (χ4n) is 8.13. The van der Waals surface area contributed by atoms with Crippen LogP contribution in [-0.2, 0) is 14.3 Å². The lowest BCUT2D eigenvalue weighted by Gasteiger charge is -2.61. The molecule has 4 fully saturated rings. The van der Waals surface area contributed by atoms with Gasteiger partial charge in [-0.25, -0.2) is 0 Å². The van der Waals surface area contributed by atoms with Gasteiger partial charge in [0.2, 0.25) is 0 Å². The zero-order valence-electron chi connectivity index (χ0n) is 17.2. The van der Waals surface area contributed by atoms with Crippen LogP contribution in [0, 0.1) is 40.4 Å². The van der Waals surface area contributed by atoms with E-state index in [0.29, 0.717) is 29.6 Å². The number of carboxylic acids is 1. The van der Waals surface area contributed by atoms with E-state index in [1.165, 1.54) is 38.5 Å². The molecule has 0 saturated heterocycles. The van der Waals surface area contributed by atoms with Crippen LogP contribution in [0.2, 0.25) is 0 Å². The van der Waals surface area contributed by atoms with Crippen LogP contribution in [0.1, 0.15) is 85.0 Å². The van der Waals surface area contributed by atoms with E-state index in [1.807, 2.05) is 0 Å². The Morgan fingerprint density at radius 1 is 0.963 bits per heavy atom. The molecule has 4 heteroatoms. The SMILES string of the molecule is CC(=O)OC1CCC2C3CCC4CC(CC(=O)O)CCC4(C)C3CCC12C. The number of hydrogen-bond donors (Lipinski definition) is 1. The van der Waals surface area contributed by atoms with Crippen LogP contribution in [-0.4, -0.2) is 23.1 Å². The summed E-state index contributed by atoms with van der Waals surface area (Å²) in [6, 6.07) is 0. The fourth-order valence-corrected chi connectivity index (χ4v) is 8.13. The van der Waals surface area contributed by atoms with E-state index < -0.39 is 5.97 Å². The van der Waals surface area contributed by atoms with Crippen molar-refractivity contribution in [2.75, 3.05) is 0 Å². The Hall–Kier alpha value is -1.06. The van der Waals surface area contributed by atoms with Gasteiger partial charge in [-0.15, -0.1) is 0 Å². The molecule has 0 aliphatic heterocycles. The molecule has 0 radical (unpaired) electrons. The molecule has 8 unspecified atom stereocenters. The number of carbonyl (C=O) groups excluding carboxylic acids is 1. The van der Waals surface area contributed by atoms with Gasteiger partial charge in [0.25, 0.3) is 0 Å². The monoisotopic (exact) mass is 376 g/mol. The Morgan fingerprint density at radius 3 is 2.37 bits per heavy atom. The van der Waals surface area contributed by atoms with Gasteiger partial charge in [0.05, 0.1) is 0 Å². The number of esters is 1. The van der Waals surface area contributed by atoms with Crippen LogP contribution >= 0.6 is 0 Å². The highest BCUT2D eigenvalue weighted by molar-refractivity contribution is 5.67. The summed E-state index contributed by atoms with van der Waals surface area (Å²) in [6.45, 7) is 6.45. The van der Waals surface area contributed by atoms with Crippen molar-refractivity contribution < 1.29 is 19.4 Å². The van der Waals surface area contributed by atoms with Gasteiger partial charge in [-0.1, -0.05) is 13.8 Å². The molecule has 152 valence electrons. The van der Waals surface area contributed by atoms with Crippen LogP contribution in [0.15, 0.2) is 0 Å². The number of fused-ring (bicyclic) bond motifs is 5. The van der Waals surface area contributed by atoms with E-state index >= 15 is 0 Å². The first kappa shape index (κ1) is 19.3. The van der Waals surface area contributed by atoms with Crippen LogP contribution in [0.25, 0.3) is 0 Å². The van der Waals surface area contributed by atoms with Gasteiger partial charge in [0, 0.05) is 18.8 Å². The molecule has 4 nitrogen and oxygen atoms in total. The first-order valence-electron chi connectivity index (χ1n) is 11.1. The van der Waals surface area contributed by atoms with Crippen molar-refractivity contribution in [1.82, 2.24) is 0 Å². The summed E-state index contributed by atoms with van der Waals surface area (Å²) >= 11 is 0. The first-order valence-corrected chi connectivity index (χ1v) is 11.1. The lowest BCUT2D eigenvalue weighted by molar-refractivity contribution is -0.162. The Morgan fingerprint density at radius 2 is 1.67 bits per heavy atom. The predicted octanol–water partition coefficient (Wildman–Crippen LogP) is 5.05. The number of ether oxygens (including phenoxy) is 1. The third kappa shape index (κ3) is 3.11. The molecule has 1 N–H and O–H groups in total. The zero-order chi connectivity index (χ0) is 19.4. The number of hydrogen-bond acceptors (Lipinski definition) is 3. The molecule has 4 rings (SSSR count). The molecule has 4 aliphatic rings. The van der Waals surface area contributed by atoms with Crippen LogP contribution in [0.3, 0.4) is 0 Å². The van der Waals surface area contributed by atoms with Crippen molar-refractivity contribution in [3.8, 4) is 0 Å². The van der Waals surface area contributed by atoms with Crippen LogP contribution in [0.5, 0.6) is 0 Å². The van der Waals surface area contributed by atoms with Gasteiger partial charge < -0.3 is 9.84 Å². The first-order chi connectivity index (χ1) is 12.7. The van der Waals surface area contributed by atoms with Gasteiger partial charge >= 0.3 is 11.9 Å². The lowest BCUT2D eigenvalue weighted by atomic mass is 9.44. The fraction of sp³-hybridized carbons (Fsp3) is 0.913. The molecule has 27 heavy (non-hydrogen) atoms.